The number of halogens is 1. The molecule has 2 aromatic rings. The van der Waals surface area contributed by atoms with Crippen molar-refractivity contribution in [2.45, 2.75) is 31.2 Å². The maximum Gasteiger partial charge on any atom is 0.0485 e. The van der Waals surface area contributed by atoms with Gasteiger partial charge in [-0.3, -0.25) is 4.98 Å². The van der Waals surface area contributed by atoms with Gasteiger partial charge in [-0.1, -0.05) is 29.8 Å². The van der Waals surface area contributed by atoms with Crippen molar-refractivity contribution in [3.63, 3.8) is 0 Å². The fourth-order valence-corrected chi connectivity index (χ4v) is 3.37. The Kier molecular flexibility index (Phi) is 4.04. The average molecular weight is 287 g/mol. The molecule has 0 radical (unpaired) electrons. The number of rotatable bonds is 3. The topological polar surface area (TPSA) is 24.9 Å². The molecule has 0 spiro atoms. The molecule has 1 aromatic heterocycles. The van der Waals surface area contributed by atoms with Gasteiger partial charge in [0.1, 0.15) is 0 Å². The molecule has 2 atom stereocenters. The first-order chi connectivity index (χ1) is 9.79. The zero-order chi connectivity index (χ0) is 13.9. The highest BCUT2D eigenvalue weighted by molar-refractivity contribution is 6.30. The number of benzene rings is 1. The normalized spacial score (nSPS) is 19.4. The van der Waals surface area contributed by atoms with E-state index >= 15 is 0 Å². The van der Waals surface area contributed by atoms with Crippen molar-refractivity contribution < 1.29 is 0 Å². The summed E-state index contributed by atoms with van der Waals surface area (Å²) in [4.78, 5) is 4.65. The first-order valence-corrected chi connectivity index (χ1v) is 7.54. The zero-order valence-corrected chi connectivity index (χ0v) is 12.4. The summed E-state index contributed by atoms with van der Waals surface area (Å²) in [6.07, 6.45) is 5.47. The largest absolute Gasteiger partial charge is 0.312 e. The zero-order valence-electron chi connectivity index (χ0n) is 11.6. The molecule has 2 unspecified atom stereocenters. The maximum absolute atomic E-state index is 5.99. The molecule has 1 aliphatic rings. The second-order valence-corrected chi connectivity index (χ2v) is 5.80. The summed E-state index contributed by atoms with van der Waals surface area (Å²) in [6.45, 7) is 0. The molecule has 20 heavy (non-hydrogen) atoms. The van der Waals surface area contributed by atoms with Gasteiger partial charge >= 0.3 is 0 Å². The number of fused-ring (bicyclic) bond motifs is 1. The van der Waals surface area contributed by atoms with E-state index in [2.05, 4.69) is 28.5 Å². The Morgan fingerprint density at radius 1 is 1.25 bits per heavy atom. The fraction of sp³-hybridized carbons (Fsp3) is 0.353. The van der Waals surface area contributed by atoms with E-state index in [9.17, 15) is 0 Å². The van der Waals surface area contributed by atoms with Crippen LogP contribution in [-0.2, 0) is 6.42 Å². The number of hydrogen-bond donors (Lipinski definition) is 1. The van der Waals surface area contributed by atoms with Crippen molar-refractivity contribution in [3.8, 4) is 0 Å². The highest BCUT2D eigenvalue weighted by Gasteiger charge is 2.29. The number of nitrogens with one attached hydrogen (secondary N) is 1. The third-order valence-corrected chi connectivity index (χ3v) is 4.43. The lowest BCUT2D eigenvalue weighted by atomic mass is 9.79. The number of hydrogen-bond acceptors (Lipinski definition) is 2. The van der Waals surface area contributed by atoms with Crippen LogP contribution in [0.3, 0.4) is 0 Å². The molecule has 104 valence electrons. The molecule has 0 bridgehead atoms. The number of nitrogens with zero attached hydrogens (tertiary/aromatic N) is 1. The Labute approximate surface area is 125 Å². The van der Waals surface area contributed by atoms with E-state index in [0.29, 0.717) is 12.0 Å². The van der Waals surface area contributed by atoms with Crippen molar-refractivity contribution in [2.24, 2.45) is 0 Å². The van der Waals surface area contributed by atoms with Gasteiger partial charge in [0, 0.05) is 28.9 Å². The summed E-state index contributed by atoms with van der Waals surface area (Å²) in [5.41, 5.74) is 3.94. The van der Waals surface area contributed by atoms with Gasteiger partial charge in [0.2, 0.25) is 0 Å². The van der Waals surface area contributed by atoms with Crippen molar-refractivity contribution in [1.29, 1.82) is 0 Å². The van der Waals surface area contributed by atoms with Crippen molar-refractivity contribution in [3.05, 3.63) is 64.4 Å². The van der Waals surface area contributed by atoms with Crippen LogP contribution in [0.4, 0.5) is 0 Å². The minimum Gasteiger partial charge on any atom is -0.312 e. The standard InChI is InChI=1S/C17H19ClN2/c1-19-16(13-7-9-14(18)10-8-13)15-6-2-4-12-5-3-11-20-17(12)15/h3,5,7-11,15-16,19H,2,4,6H2,1H3. The quantitative estimate of drug-likeness (QED) is 0.918. The SMILES string of the molecule is CNC(c1ccc(Cl)cc1)C1CCCc2cccnc21. The molecule has 0 amide bonds. The molecular formula is C17H19ClN2. The predicted octanol–water partition coefficient (Wildman–Crippen LogP) is 4.12. The summed E-state index contributed by atoms with van der Waals surface area (Å²) in [6, 6.07) is 12.7. The van der Waals surface area contributed by atoms with Crippen LogP contribution in [0, 0.1) is 0 Å². The van der Waals surface area contributed by atoms with Crippen molar-refractivity contribution in [1.82, 2.24) is 10.3 Å². The fourth-order valence-electron chi connectivity index (χ4n) is 3.24. The van der Waals surface area contributed by atoms with Crippen LogP contribution in [0.2, 0.25) is 5.02 Å². The van der Waals surface area contributed by atoms with Gasteiger partial charge in [0.15, 0.2) is 0 Å². The molecule has 0 saturated heterocycles. The lowest BCUT2D eigenvalue weighted by molar-refractivity contribution is 0.416. The number of aryl methyl sites for hydroxylation is 1. The van der Waals surface area contributed by atoms with E-state index in [1.165, 1.54) is 29.7 Å². The van der Waals surface area contributed by atoms with Gasteiger partial charge in [-0.05, 0) is 55.6 Å². The Hall–Kier alpha value is -1.38. The van der Waals surface area contributed by atoms with Gasteiger partial charge in [0.05, 0.1) is 0 Å². The van der Waals surface area contributed by atoms with Crippen molar-refractivity contribution >= 4 is 11.6 Å². The Balaban J connectivity index is 1.96. The summed E-state index contributed by atoms with van der Waals surface area (Å²) in [5.74, 6) is 0.436. The third kappa shape index (κ3) is 2.58. The van der Waals surface area contributed by atoms with E-state index in [-0.39, 0.29) is 0 Å². The molecule has 1 heterocycles. The van der Waals surface area contributed by atoms with Gasteiger partial charge in [-0.15, -0.1) is 0 Å². The molecule has 0 aliphatic heterocycles. The smallest absolute Gasteiger partial charge is 0.0485 e. The van der Waals surface area contributed by atoms with E-state index in [4.69, 9.17) is 11.6 Å². The number of pyridine rings is 1. The van der Waals surface area contributed by atoms with Crippen LogP contribution in [0.5, 0.6) is 0 Å². The van der Waals surface area contributed by atoms with Crippen LogP contribution in [0.15, 0.2) is 42.6 Å². The van der Waals surface area contributed by atoms with Crippen LogP contribution < -0.4 is 5.32 Å². The Morgan fingerprint density at radius 2 is 2.05 bits per heavy atom. The van der Waals surface area contributed by atoms with E-state index < -0.39 is 0 Å². The second kappa shape index (κ2) is 5.94. The van der Waals surface area contributed by atoms with Crippen LogP contribution >= 0.6 is 11.6 Å². The van der Waals surface area contributed by atoms with Gasteiger partial charge in [-0.25, -0.2) is 0 Å². The van der Waals surface area contributed by atoms with Gasteiger partial charge in [-0.2, -0.15) is 0 Å². The third-order valence-electron chi connectivity index (χ3n) is 4.18. The molecule has 2 nitrogen and oxygen atoms in total. The summed E-state index contributed by atoms with van der Waals surface area (Å²) in [5, 5.41) is 4.25. The average Bonchev–Trinajstić information content (AvgIpc) is 2.50. The highest BCUT2D eigenvalue weighted by Crippen LogP contribution is 2.39. The molecule has 0 fully saturated rings. The molecule has 1 aliphatic carbocycles. The van der Waals surface area contributed by atoms with E-state index in [0.717, 1.165) is 11.4 Å². The first-order valence-electron chi connectivity index (χ1n) is 7.16. The Morgan fingerprint density at radius 3 is 2.80 bits per heavy atom. The van der Waals surface area contributed by atoms with Gasteiger partial charge < -0.3 is 5.32 Å². The lowest BCUT2D eigenvalue weighted by Gasteiger charge is -2.31. The summed E-state index contributed by atoms with van der Waals surface area (Å²) >= 11 is 5.99. The summed E-state index contributed by atoms with van der Waals surface area (Å²) < 4.78 is 0. The van der Waals surface area contributed by atoms with E-state index in [1.807, 2.05) is 31.4 Å². The molecule has 3 heteroatoms. The molecule has 1 N–H and O–H groups in total. The Bertz CT molecular complexity index is 580. The van der Waals surface area contributed by atoms with Crippen molar-refractivity contribution in [2.75, 3.05) is 7.05 Å². The number of aromatic nitrogens is 1. The molecule has 0 saturated carbocycles. The minimum absolute atomic E-state index is 0.293. The molecular weight excluding hydrogens is 268 g/mol. The second-order valence-electron chi connectivity index (χ2n) is 5.36. The number of likely N-dealkylation sites (N-methyl/N-ethyl adjacent to an activating group) is 1. The maximum atomic E-state index is 5.99. The lowest BCUT2D eigenvalue weighted by Crippen LogP contribution is -2.27. The first kappa shape index (κ1) is 13.6. The highest BCUT2D eigenvalue weighted by atomic mass is 35.5. The monoisotopic (exact) mass is 286 g/mol. The van der Waals surface area contributed by atoms with E-state index in [1.54, 1.807) is 0 Å². The van der Waals surface area contributed by atoms with Crippen LogP contribution in [0.1, 0.15) is 41.6 Å². The van der Waals surface area contributed by atoms with Crippen LogP contribution in [0.25, 0.3) is 0 Å². The van der Waals surface area contributed by atoms with Crippen LogP contribution in [-0.4, -0.2) is 12.0 Å². The predicted molar refractivity (Wildman–Crippen MR) is 83.2 cm³/mol. The summed E-state index contributed by atoms with van der Waals surface area (Å²) in [7, 11) is 2.02. The molecule has 1 aromatic carbocycles. The van der Waals surface area contributed by atoms with Gasteiger partial charge in [0.25, 0.3) is 0 Å². The molecule has 3 rings (SSSR count). The minimum atomic E-state index is 0.293.